The molecule has 7 nitrogen and oxygen atoms in total. The van der Waals surface area contributed by atoms with Gasteiger partial charge < -0.3 is 10.6 Å². The molecular formula is C17H17N7. The standard InChI is InChI=1S/C17H17N7/c18-10-13-14(6-7-20-16(13)19)23-8-3-4-12(11-23)17-22-21-15-5-1-2-9-24(15)17/h1-2,5-7,9,12H,3-4,8,11H2,(H2,19,20). The van der Waals surface area contributed by atoms with Crippen molar-refractivity contribution in [2.75, 3.05) is 23.7 Å². The normalized spacial score (nSPS) is 17.8. The van der Waals surface area contributed by atoms with E-state index in [0.717, 1.165) is 43.1 Å². The summed E-state index contributed by atoms with van der Waals surface area (Å²) in [5.41, 5.74) is 8.01. The van der Waals surface area contributed by atoms with E-state index < -0.39 is 0 Å². The van der Waals surface area contributed by atoms with Gasteiger partial charge in [0.15, 0.2) is 5.65 Å². The molecule has 120 valence electrons. The number of pyridine rings is 2. The minimum absolute atomic E-state index is 0.261. The maximum atomic E-state index is 9.40. The summed E-state index contributed by atoms with van der Waals surface area (Å²) in [7, 11) is 0. The van der Waals surface area contributed by atoms with Crippen molar-refractivity contribution in [2.45, 2.75) is 18.8 Å². The van der Waals surface area contributed by atoms with Gasteiger partial charge in [-0.1, -0.05) is 6.07 Å². The lowest BCUT2D eigenvalue weighted by molar-refractivity contribution is 0.488. The number of hydrogen-bond donors (Lipinski definition) is 1. The molecular weight excluding hydrogens is 302 g/mol. The van der Waals surface area contributed by atoms with Crippen LogP contribution in [-0.2, 0) is 0 Å². The smallest absolute Gasteiger partial charge is 0.160 e. The zero-order valence-corrected chi connectivity index (χ0v) is 13.1. The molecule has 0 bridgehead atoms. The summed E-state index contributed by atoms with van der Waals surface area (Å²) < 4.78 is 2.04. The first-order valence-corrected chi connectivity index (χ1v) is 7.97. The fourth-order valence-corrected chi connectivity index (χ4v) is 3.39. The van der Waals surface area contributed by atoms with Gasteiger partial charge in [-0.25, -0.2) is 4.98 Å². The Balaban J connectivity index is 1.68. The molecule has 0 saturated carbocycles. The lowest BCUT2D eigenvalue weighted by atomic mass is 9.96. The molecule has 1 saturated heterocycles. The topological polar surface area (TPSA) is 96.1 Å². The van der Waals surface area contributed by atoms with E-state index in [1.54, 1.807) is 6.20 Å². The molecule has 1 fully saturated rings. The van der Waals surface area contributed by atoms with Crippen LogP contribution in [0.25, 0.3) is 5.65 Å². The first kappa shape index (κ1) is 14.5. The van der Waals surface area contributed by atoms with Crippen LogP contribution in [0.2, 0.25) is 0 Å². The number of piperidine rings is 1. The van der Waals surface area contributed by atoms with Gasteiger partial charge in [-0.05, 0) is 31.0 Å². The van der Waals surface area contributed by atoms with Crippen molar-refractivity contribution < 1.29 is 0 Å². The lowest BCUT2D eigenvalue weighted by Crippen LogP contribution is -2.35. The average Bonchev–Trinajstić information content (AvgIpc) is 3.06. The second-order valence-corrected chi connectivity index (χ2v) is 5.97. The third kappa shape index (κ3) is 2.33. The quantitative estimate of drug-likeness (QED) is 0.775. The zero-order chi connectivity index (χ0) is 16.5. The first-order chi connectivity index (χ1) is 11.8. The Bertz CT molecular complexity index is 924. The number of nitrogens with zero attached hydrogens (tertiary/aromatic N) is 6. The van der Waals surface area contributed by atoms with Gasteiger partial charge in [0.1, 0.15) is 23.3 Å². The van der Waals surface area contributed by atoms with E-state index in [-0.39, 0.29) is 11.7 Å². The summed E-state index contributed by atoms with van der Waals surface area (Å²) in [6.07, 6.45) is 5.73. The molecule has 1 atom stereocenters. The fraction of sp³-hybridized carbons (Fsp3) is 0.294. The number of rotatable bonds is 2. The number of anilines is 2. The molecule has 3 aromatic rings. The summed E-state index contributed by atoms with van der Waals surface area (Å²) in [6, 6.07) is 9.93. The molecule has 1 aliphatic heterocycles. The minimum Gasteiger partial charge on any atom is -0.383 e. The van der Waals surface area contributed by atoms with Crippen LogP contribution in [0.5, 0.6) is 0 Å². The van der Waals surface area contributed by atoms with E-state index in [9.17, 15) is 5.26 Å². The van der Waals surface area contributed by atoms with Gasteiger partial charge in [0.25, 0.3) is 0 Å². The fourth-order valence-electron chi connectivity index (χ4n) is 3.39. The van der Waals surface area contributed by atoms with Crippen LogP contribution < -0.4 is 10.6 Å². The summed E-state index contributed by atoms with van der Waals surface area (Å²) in [4.78, 5) is 6.22. The van der Waals surface area contributed by atoms with E-state index in [1.165, 1.54) is 0 Å². The SMILES string of the molecule is N#Cc1c(N2CCCC(c3nnc4ccccn34)C2)ccnc1N. The maximum absolute atomic E-state index is 9.40. The van der Waals surface area contributed by atoms with E-state index in [0.29, 0.717) is 5.56 Å². The second-order valence-electron chi connectivity index (χ2n) is 5.97. The maximum Gasteiger partial charge on any atom is 0.160 e. The number of nitrogen functional groups attached to an aromatic ring is 1. The third-order valence-corrected chi connectivity index (χ3v) is 4.54. The van der Waals surface area contributed by atoms with Gasteiger partial charge >= 0.3 is 0 Å². The molecule has 3 aromatic heterocycles. The Labute approximate surface area is 139 Å². The highest BCUT2D eigenvalue weighted by atomic mass is 15.3. The van der Waals surface area contributed by atoms with Crippen molar-refractivity contribution in [2.24, 2.45) is 0 Å². The Morgan fingerprint density at radius 3 is 3.04 bits per heavy atom. The van der Waals surface area contributed by atoms with Crippen molar-refractivity contribution >= 4 is 17.2 Å². The average molecular weight is 319 g/mol. The summed E-state index contributed by atoms with van der Waals surface area (Å²) in [5, 5.41) is 18.0. The molecule has 0 amide bonds. The van der Waals surface area contributed by atoms with Gasteiger partial charge in [-0.15, -0.1) is 10.2 Å². The molecule has 24 heavy (non-hydrogen) atoms. The van der Waals surface area contributed by atoms with Crippen LogP contribution in [-0.4, -0.2) is 32.7 Å². The zero-order valence-electron chi connectivity index (χ0n) is 13.1. The molecule has 4 rings (SSSR count). The third-order valence-electron chi connectivity index (χ3n) is 4.54. The van der Waals surface area contributed by atoms with E-state index in [2.05, 4.69) is 26.2 Å². The van der Waals surface area contributed by atoms with Crippen LogP contribution >= 0.6 is 0 Å². The molecule has 0 aromatic carbocycles. The summed E-state index contributed by atoms with van der Waals surface area (Å²) in [6.45, 7) is 1.68. The van der Waals surface area contributed by atoms with E-state index in [4.69, 9.17) is 5.73 Å². The van der Waals surface area contributed by atoms with Crippen molar-refractivity contribution in [3.8, 4) is 6.07 Å². The Hall–Kier alpha value is -3.14. The molecule has 2 N–H and O–H groups in total. The highest BCUT2D eigenvalue weighted by molar-refractivity contribution is 5.67. The molecule has 4 heterocycles. The highest BCUT2D eigenvalue weighted by Crippen LogP contribution is 2.31. The number of nitrogens with two attached hydrogens (primary N) is 1. The number of aromatic nitrogens is 4. The monoisotopic (exact) mass is 319 g/mol. The predicted molar refractivity (Wildman–Crippen MR) is 90.5 cm³/mol. The van der Waals surface area contributed by atoms with Crippen LogP contribution in [0.15, 0.2) is 36.7 Å². The number of nitriles is 1. The minimum atomic E-state index is 0.261. The number of hydrogen-bond acceptors (Lipinski definition) is 6. The van der Waals surface area contributed by atoms with Crippen molar-refractivity contribution in [1.29, 1.82) is 5.26 Å². The van der Waals surface area contributed by atoms with Crippen LogP contribution in [0.1, 0.15) is 30.1 Å². The molecule has 1 aliphatic rings. The van der Waals surface area contributed by atoms with Crippen molar-refractivity contribution in [1.82, 2.24) is 19.6 Å². The van der Waals surface area contributed by atoms with Gasteiger partial charge in [-0.3, -0.25) is 4.40 Å². The molecule has 0 aliphatic carbocycles. The van der Waals surface area contributed by atoms with Gasteiger partial charge in [0.05, 0.1) is 5.69 Å². The largest absolute Gasteiger partial charge is 0.383 e. The first-order valence-electron chi connectivity index (χ1n) is 7.97. The van der Waals surface area contributed by atoms with E-state index >= 15 is 0 Å². The van der Waals surface area contributed by atoms with Crippen LogP contribution in [0, 0.1) is 11.3 Å². The molecule has 7 heteroatoms. The summed E-state index contributed by atoms with van der Waals surface area (Å²) in [5.74, 6) is 1.51. The van der Waals surface area contributed by atoms with Crippen LogP contribution in [0.3, 0.4) is 0 Å². The second kappa shape index (κ2) is 5.81. The predicted octanol–water partition coefficient (Wildman–Crippen LogP) is 1.96. The number of fused-ring (bicyclic) bond motifs is 1. The lowest BCUT2D eigenvalue weighted by Gasteiger charge is -2.34. The highest BCUT2D eigenvalue weighted by Gasteiger charge is 2.27. The van der Waals surface area contributed by atoms with Crippen molar-refractivity contribution in [3.05, 3.63) is 48.0 Å². The Kier molecular flexibility index (Phi) is 3.50. The molecule has 0 radical (unpaired) electrons. The van der Waals surface area contributed by atoms with Gasteiger partial charge in [0.2, 0.25) is 0 Å². The van der Waals surface area contributed by atoms with Crippen LogP contribution in [0.4, 0.5) is 11.5 Å². The molecule has 1 unspecified atom stereocenters. The van der Waals surface area contributed by atoms with E-state index in [1.807, 2.05) is 34.9 Å². The van der Waals surface area contributed by atoms with Crippen molar-refractivity contribution in [3.63, 3.8) is 0 Å². The Morgan fingerprint density at radius 2 is 2.17 bits per heavy atom. The summed E-state index contributed by atoms with van der Waals surface area (Å²) >= 11 is 0. The molecule has 0 spiro atoms. The van der Waals surface area contributed by atoms with Gasteiger partial charge in [0, 0.05) is 31.4 Å². The Morgan fingerprint density at radius 1 is 1.25 bits per heavy atom. The van der Waals surface area contributed by atoms with Gasteiger partial charge in [-0.2, -0.15) is 5.26 Å².